The first-order valence-electron chi connectivity index (χ1n) is 5.54. The molecule has 1 rings (SSSR count). The number of rotatable bonds is 2. The molecule has 0 aliphatic carbocycles. The molecule has 0 heterocycles. The highest BCUT2D eigenvalue weighted by Crippen LogP contribution is 2.16. The van der Waals surface area contributed by atoms with Gasteiger partial charge in [0.15, 0.2) is 0 Å². The van der Waals surface area contributed by atoms with Crippen LogP contribution in [0.25, 0.3) is 0 Å². The monoisotopic (exact) mass is 251 g/mol. The van der Waals surface area contributed by atoms with Crippen molar-refractivity contribution in [1.82, 2.24) is 10.9 Å². The number of urea groups is 1. The van der Waals surface area contributed by atoms with Crippen molar-refractivity contribution in [2.24, 2.45) is 0 Å². The summed E-state index contributed by atoms with van der Waals surface area (Å²) in [5.41, 5.74) is 6.03. The molecule has 3 N–H and O–H groups in total. The van der Waals surface area contributed by atoms with Crippen molar-refractivity contribution in [3.05, 3.63) is 29.8 Å². The molecule has 0 fully saturated rings. The molecule has 0 spiro atoms. The molecule has 0 radical (unpaired) electrons. The topological polar surface area (TPSA) is 79.5 Å². The largest absolute Gasteiger partial charge is 0.452 e. The number of nitrogens with one attached hydrogen (secondary N) is 3. The summed E-state index contributed by atoms with van der Waals surface area (Å²) in [6.07, 6.45) is -0.736. The third-order valence-corrected chi connectivity index (χ3v) is 2.30. The van der Waals surface area contributed by atoms with Crippen LogP contribution in [0.3, 0.4) is 0 Å². The molecule has 0 saturated carbocycles. The molecular formula is C12H17N3O3. The van der Waals surface area contributed by atoms with Crippen molar-refractivity contribution < 1.29 is 14.3 Å². The summed E-state index contributed by atoms with van der Waals surface area (Å²) in [7, 11) is 1.21. The Kier molecular flexibility index (Phi) is 4.98. The zero-order valence-corrected chi connectivity index (χ0v) is 10.6. The molecule has 0 unspecified atom stereocenters. The van der Waals surface area contributed by atoms with Crippen molar-refractivity contribution in [2.45, 2.75) is 19.8 Å². The molecular weight excluding hydrogens is 234 g/mol. The lowest BCUT2D eigenvalue weighted by atomic mass is 10.0. The average molecular weight is 251 g/mol. The molecule has 0 aromatic heterocycles. The van der Waals surface area contributed by atoms with Crippen LogP contribution >= 0.6 is 0 Å². The van der Waals surface area contributed by atoms with Crippen LogP contribution in [0, 0.1) is 0 Å². The Morgan fingerprint density at radius 2 is 1.72 bits per heavy atom. The van der Waals surface area contributed by atoms with Crippen molar-refractivity contribution in [3.8, 4) is 0 Å². The van der Waals surface area contributed by atoms with Gasteiger partial charge in [-0.2, -0.15) is 0 Å². The molecule has 6 heteroatoms. The van der Waals surface area contributed by atoms with Gasteiger partial charge in [0.2, 0.25) is 0 Å². The third-order valence-electron chi connectivity index (χ3n) is 2.30. The SMILES string of the molecule is COC(=O)NNC(=O)Nc1ccc(C(C)C)cc1. The number of carbonyl (C=O) groups is 2. The summed E-state index contributed by atoms with van der Waals surface area (Å²) in [5, 5.41) is 2.57. The first kappa shape index (κ1) is 13.8. The Balaban J connectivity index is 2.47. The number of hydrogen-bond donors (Lipinski definition) is 3. The van der Waals surface area contributed by atoms with Crippen molar-refractivity contribution in [3.63, 3.8) is 0 Å². The van der Waals surface area contributed by atoms with Gasteiger partial charge in [-0.3, -0.25) is 0 Å². The molecule has 3 amide bonds. The zero-order valence-electron chi connectivity index (χ0n) is 10.6. The Labute approximate surface area is 106 Å². The van der Waals surface area contributed by atoms with Crippen molar-refractivity contribution in [2.75, 3.05) is 12.4 Å². The number of benzene rings is 1. The van der Waals surface area contributed by atoms with E-state index in [2.05, 4.69) is 34.8 Å². The van der Waals surface area contributed by atoms with Crippen molar-refractivity contribution >= 4 is 17.8 Å². The zero-order chi connectivity index (χ0) is 13.5. The number of ether oxygens (including phenoxy) is 1. The smallest absolute Gasteiger partial charge is 0.425 e. The van der Waals surface area contributed by atoms with Gasteiger partial charge in [-0.15, -0.1) is 0 Å². The van der Waals surface area contributed by atoms with E-state index in [4.69, 9.17) is 0 Å². The maximum atomic E-state index is 11.4. The molecule has 0 aliphatic rings. The normalized spacial score (nSPS) is 9.78. The first-order chi connectivity index (χ1) is 8.52. The minimum atomic E-state index is -0.736. The second kappa shape index (κ2) is 6.48. The number of methoxy groups -OCH3 is 1. The van der Waals surface area contributed by atoms with Crippen LogP contribution in [-0.2, 0) is 4.74 Å². The standard InChI is InChI=1S/C12H17N3O3/c1-8(2)9-4-6-10(7-5-9)13-11(16)14-15-12(17)18-3/h4-8H,1-3H3,(H,15,17)(H2,13,14,16). The van der Waals surface area contributed by atoms with Gasteiger partial charge < -0.3 is 10.1 Å². The van der Waals surface area contributed by atoms with Crippen molar-refractivity contribution in [1.29, 1.82) is 0 Å². The number of amides is 3. The minimum absolute atomic E-state index is 0.439. The summed E-state index contributed by atoms with van der Waals surface area (Å²) < 4.78 is 4.30. The minimum Gasteiger partial charge on any atom is -0.452 e. The quantitative estimate of drug-likeness (QED) is 0.705. The molecule has 18 heavy (non-hydrogen) atoms. The maximum Gasteiger partial charge on any atom is 0.425 e. The van der Waals surface area contributed by atoms with Crippen LogP contribution in [0.1, 0.15) is 25.3 Å². The lowest BCUT2D eigenvalue weighted by molar-refractivity contribution is 0.166. The fourth-order valence-electron chi connectivity index (χ4n) is 1.27. The predicted molar refractivity (Wildman–Crippen MR) is 68.2 cm³/mol. The van der Waals surface area contributed by atoms with E-state index in [-0.39, 0.29) is 0 Å². The van der Waals surface area contributed by atoms with Gasteiger partial charge in [0, 0.05) is 5.69 Å². The number of hydrazine groups is 1. The Morgan fingerprint density at radius 3 is 2.22 bits per heavy atom. The highest BCUT2D eigenvalue weighted by atomic mass is 16.5. The molecule has 0 bridgehead atoms. The third kappa shape index (κ3) is 4.32. The number of carbonyl (C=O) groups excluding carboxylic acids is 2. The van der Waals surface area contributed by atoms with Crippen LogP contribution in [-0.4, -0.2) is 19.2 Å². The maximum absolute atomic E-state index is 11.4. The summed E-state index contributed by atoms with van der Waals surface area (Å²) in [6.45, 7) is 4.19. The molecule has 6 nitrogen and oxygen atoms in total. The van der Waals surface area contributed by atoms with Gasteiger partial charge >= 0.3 is 12.1 Å². The van der Waals surface area contributed by atoms with Gasteiger partial charge in [0.25, 0.3) is 0 Å². The van der Waals surface area contributed by atoms with E-state index in [0.29, 0.717) is 11.6 Å². The average Bonchev–Trinajstić information content (AvgIpc) is 2.36. The second-order valence-electron chi connectivity index (χ2n) is 3.97. The summed E-state index contributed by atoms with van der Waals surface area (Å²) >= 11 is 0. The molecule has 0 saturated heterocycles. The Hall–Kier alpha value is -2.24. The van der Waals surface area contributed by atoms with E-state index in [0.717, 1.165) is 0 Å². The van der Waals surface area contributed by atoms with Gasteiger partial charge in [-0.25, -0.2) is 20.4 Å². The van der Waals surface area contributed by atoms with E-state index in [9.17, 15) is 9.59 Å². The Bertz CT molecular complexity index is 415. The van der Waals surface area contributed by atoms with Crippen LogP contribution in [0.5, 0.6) is 0 Å². The van der Waals surface area contributed by atoms with Crippen LogP contribution in [0.2, 0.25) is 0 Å². The number of anilines is 1. The molecule has 98 valence electrons. The highest BCUT2D eigenvalue weighted by molar-refractivity contribution is 5.90. The molecule has 0 atom stereocenters. The lowest BCUT2D eigenvalue weighted by Gasteiger charge is -2.09. The van der Waals surface area contributed by atoms with Gasteiger partial charge in [0.1, 0.15) is 0 Å². The summed E-state index contributed by atoms with van der Waals surface area (Å²) in [6, 6.07) is 6.93. The van der Waals surface area contributed by atoms with Gasteiger partial charge in [-0.05, 0) is 23.6 Å². The van der Waals surface area contributed by atoms with Crippen LogP contribution in [0.4, 0.5) is 15.3 Å². The molecule has 1 aromatic rings. The van der Waals surface area contributed by atoms with E-state index < -0.39 is 12.1 Å². The van der Waals surface area contributed by atoms with Crippen LogP contribution in [0.15, 0.2) is 24.3 Å². The van der Waals surface area contributed by atoms with Gasteiger partial charge in [0.05, 0.1) is 7.11 Å². The first-order valence-corrected chi connectivity index (χ1v) is 5.54. The lowest BCUT2D eigenvalue weighted by Crippen LogP contribution is -2.43. The van der Waals surface area contributed by atoms with Gasteiger partial charge in [-0.1, -0.05) is 26.0 Å². The van der Waals surface area contributed by atoms with E-state index in [1.165, 1.54) is 12.7 Å². The van der Waals surface area contributed by atoms with E-state index in [1.54, 1.807) is 12.1 Å². The van der Waals surface area contributed by atoms with E-state index in [1.807, 2.05) is 12.1 Å². The number of hydrogen-bond acceptors (Lipinski definition) is 3. The Morgan fingerprint density at radius 1 is 1.11 bits per heavy atom. The second-order valence-corrected chi connectivity index (χ2v) is 3.97. The summed E-state index contributed by atoms with van der Waals surface area (Å²) in [5.74, 6) is 0.439. The molecule has 1 aromatic carbocycles. The summed E-state index contributed by atoms with van der Waals surface area (Å²) in [4.78, 5) is 22.1. The van der Waals surface area contributed by atoms with E-state index >= 15 is 0 Å². The fourth-order valence-corrected chi connectivity index (χ4v) is 1.27. The van der Waals surface area contributed by atoms with Crippen LogP contribution < -0.4 is 16.2 Å². The molecule has 0 aliphatic heterocycles. The highest BCUT2D eigenvalue weighted by Gasteiger charge is 2.04. The fraction of sp³-hybridized carbons (Fsp3) is 0.333. The predicted octanol–water partition coefficient (Wildman–Crippen LogP) is 2.20.